The summed E-state index contributed by atoms with van der Waals surface area (Å²) in [6.45, 7) is 5.45. The normalized spacial score (nSPS) is 15.8. The number of nitrogens with zero attached hydrogens (tertiary/aromatic N) is 1. The van der Waals surface area contributed by atoms with Crippen LogP contribution in [0.1, 0.15) is 32.8 Å². The molecule has 2 nitrogen and oxygen atoms in total. The molecule has 1 aromatic carbocycles. The molecule has 0 amide bonds. The Balaban J connectivity index is 3.30. The lowest BCUT2D eigenvalue weighted by Gasteiger charge is -2.36. The Kier molecular flexibility index (Phi) is 6.04. The van der Waals surface area contributed by atoms with E-state index >= 15 is 0 Å². The van der Waals surface area contributed by atoms with Gasteiger partial charge in [0.1, 0.15) is 0 Å². The van der Waals surface area contributed by atoms with Crippen molar-refractivity contribution in [3.8, 4) is 0 Å². The second-order valence-electron chi connectivity index (χ2n) is 5.97. The van der Waals surface area contributed by atoms with Crippen molar-refractivity contribution in [2.45, 2.75) is 50.8 Å². The van der Waals surface area contributed by atoms with Crippen LogP contribution in [0.25, 0.3) is 0 Å². The summed E-state index contributed by atoms with van der Waals surface area (Å²) in [5.74, 6) is 0. The third kappa shape index (κ3) is 4.37. The average molecular weight is 375 g/mol. The predicted molar refractivity (Wildman–Crippen MR) is 80.1 cm³/mol. The molecule has 0 aliphatic rings. The fourth-order valence-electron chi connectivity index (χ4n) is 2.56. The van der Waals surface area contributed by atoms with Crippen molar-refractivity contribution >= 4 is 5.69 Å². The molecule has 0 aliphatic carbocycles. The lowest BCUT2D eigenvalue weighted by molar-refractivity contribution is -0.352. The molecule has 0 saturated heterocycles. The highest BCUT2D eigenvalue weighted by Gasteiger charge is 2.73. The van der Waals surface area contributed by atoms with Crippen LogP contribution < -0.4 is 4.90 Å². The number of rotatable bonds is 6. The van der Waals surface area contributed by atoms with Gasteiger partial charge >= 0.3 is 18.0 Å². The summed E-state index contributed by atoms with van der Waals surface area (Å²) in [7, 11) is 0. The quantitative estimate of drug-likeness (QED) is 0.710. The third-order valence-electron chi connectivity index (χ3n) is 4.08. The maximum Gasteiger partial charge on any atom is 0.431 e. The van der Waals surface area contributed by atoms with Gasteiger partial charge in [0.15, 0.2) is 0 Å². The molecule has 0 heterocycles. The van der Waals surface area contributed by atoms with Gasteiger partial charge in [-0.15, -0.1) is 0 Å². The number of benzene rings is 1. The van der Waals surface area contributed by atoms with Gasteiger partial charge in [0, 0.05) is 25.2 Å². The first-order valence-corrected chi connectivity index (χ1v) is 7.60. The highest BCUT2D eigenvalue weighted by atomic mass is 19.4. The van der Waals surface area contributed by atoms with Crippen molar-refractivity contribution in [2.24, 2.45) is 0 Å². The zero-order valence-electron chi connectivity index (χ0n) is 14.0. The standard InChI is InChI=1S/C16H20F7NO/c1-4-24(5-2)12-8-6-7-11(9-12)13(3,25)10-14(17,15(18,19)20)16(21,22)23/h6-9,25H,4-5,10H2,1-3H3. The lowest BCUT2D eigenvalue weighted by Crippen LogP contribution is -2.56. The minimum atomic E-state index is -6.20. The minimum Gasteiger partial charge on any atom is -0.385 e. The van der Waals surface area contributed by atoms with E-state index in [0.717, 1.165) is 6.92 Å². The van der Waals surface area contributed by atoms with E-state index < -0.39 is 30.0 Å². The van der Waals surface area contributed by atoms with Crippen LogP contribution in [0, 0.1) is 0 Å². The van der Waals surface area contributed by atoms with E-state index in [0.29, 0.717) is 18.8 Å². The van der Waals surface area contributed by atoms with Crippen LogP contribution >= 0.6 is 0 Å². The molecular weight excluding hydrogens is 355 g/mol. The topological polar surface area (TPSA) is 23.5 Å². The Morgan fingerprint density at radius 3 is 1.80 bits per heavy atom. The Hall–Kier alpha value is -1.51. The SMILES string of the molecule is CCN(CC)c1cccc(C(C)(O)CC(F)(C(F)(F)F)C(F)(F)F)c1. The van der Waals surface area contributed by atoms with Gasteiger partial charge in [-0.3, -0.25) is 0 Å². The predicted octanol–water partition coefficient (Wildman–Crippen LogP) is 4.96. The molecule has 25 heavy (non-hydrogen) atoms. The summed E-state index contributed by atoms with van der Waals surface area (Å²) in [4.78, 5) is 1.79. The first kappa shape index (κ1) is 21.5. The first-order chi connectivity index (χ1) is 11.2. The summed E-state index contributed by atoms with van der Waals surface area (Å²) in [6, 6.07) is 5.42. The summed E-state index contributed by atoms with van der Waals surface area (Å²) in [5, 5.41) is 10.2. The zero-order valence-corrected chi connectivity index (χ0v) is 14.0. The Labute approximate surface area is 141 Å². The smallest absolute Gasteiger partial charge is 0.385 e. The van der Waals surface area contributed by atoms with E-state index in [1.807, 2.05) is 13.8 Å². The number of hydrogen-bond donors (Lipinski definition) is 1. The van der Waals surface area contributed by atoms with Gasteiger partial charge in [-0.2, -0.15) is 26.3 Å². The molecule has 0 fully saturated rings. The fourth-order valence-corrected chi connectivity index (χ4v) is 2.56. The highest BCUT2D eigenvalue weighted by Crippen LogP contribution is 2.52. The van der Waals surface area contributed by atoms with Crippen LogP contribution in [-0.4, -0.2) is 36.2 Å². The van der Waals surface area contributed by atoms with Gasteiger partial charge in [-0.25, -0.2) is 4.39 Å². The second-order valence-corrected chi connectivity index (χ2v) is 5.97. The van der Waals surface area contributed by atoms with E-state index in [2.05, 4.69) is 0 Å². The fraction of sp³-hybridized carbons (Fsp3) is 0.625. The van der Waals surface area contributed by atoms with E-state index in [1.165, 1.54) is 18.2 Å². The third-order valence-corrected chi connectivity index (χ3v) is 4.08. The van der Waals surface area contributed by atoms with Crippen molar-refractivity contribution in [3.05, 3.63) is 29.8 Å². The van der Waals surface area contributed by atoms with Crippen LogP contribution in [0.5, 0.6) is 0 Å². The number of alkyl halides is 7. The summed E-state index contributed by atoms with van der Waals surface area (Å²) in [5.41, 5.74) is -7.92. The zero-order chi connectivity index (χ0) is 19.7. The van der Waals surface area contributed by atoms with E-state index in [9.17, 15) is 35.8 Å². The van der Waals surface area contributed by atoms with Gasteiger partial charge in [-0.1, -0.05) is 12.1 Å². The van der Waals surface area contributed by atoms with Crippen molar-refractivity contribution in [1.82, 2.24) is 0 Å². The lowest BCUT2D eigenvalue weighted by atomic mass is 9.83. The first-order valence-electron chi connectivity index (χ1n) is 7.60. The molecule has 1 rings (SSSR count). The summed E-state index contributed by atoms with van der Waals surface area (Å²) >= 11 is 0. The Morgan fingerprint density at radius 1 is 0.920 bits per heavy atom. The van der Waals surface area contributed by atoms with E-state index in [4.69, 9.17) is 0 Å². The number of halogens is 7. The number of anilines is 1. The van der Waals surface area contributed by atoms with Gasteiger partial charge in [0.25, 0.3) is 0 Å². The van der Waals surface area contributed by atoms with Crippen LogP contribution in [-0.2, 0) is 5.60 Å². The Morgan fingerprint density at radius 2 is 1.40 bits per heavy atom. The number of aliphatic hydroxyl groups is 1. The molecule has 1 aromatic rings. The van der Waals surface area contributed by atoms with Crippen LogP contribution in [0.15, 0.2) is 24.3 Å². The van der Waals surface area contributed by atoms with Gasteiger partial charge in [0.2, 0.25) is 0 Å². The minimum absolute atomic E-state index is 0.229. The average Bonchev–Trinajstić information content (AvgIpc) is 2.46. The maximum atomic E-state index is 14.0. The van der Waals surface area contributed by atoms with E-state index in [1.54, 1.807) is 11.0 Å². The molecule has 9 heteroatoms. The largest absolute Gasteiger partial charge is 0.431 e. The molecule has 0 spiro atoms. The monoisotopic (exact) mass is 375 g/mol. The molecule has 144 valence electrons. The molecule has 0 aromatic heterocycles. The van der Waals surface area contributed by atoms with Gasteiger partial charge < -0.3 is 10.0 Å². The molecule has 0 saturated carbocycles. The van der Waals surface area contributed by atoms with Crippen LogP contribution in [0.2, 0.25) is 0 Å². The van der Waals surface area contributed by atoms with Crippen molar-refractivity contribution in [1.29, 1.82) is 0 Å². The molecule has 1 atom stereocenters. The molecule has 1 unspecified atom stereocenters. The van der Waals surface area contributed by atoms with Crippen molar-refractivity contribution in [2.75, 3.05) is 18.0 Å². The molecule has 0 radical (unpaired) electrons. The van der Waals surface area contributed by atoms with Crippen molar-refractivity contribution < 1.29 is 35.8 Å². The van der Waals surface area contributed by atoms with Gasteiger partial charge in [0.05, 0.1) is 5.60 Å². The van der Waals surface area contributed by atoms with E-state index in [-0.39, 0.29) is 5.56 Å². The molecule has 0 bridgehead atoms. The summed E-state index contributed by atoms with van der Waals surface area (Å²) < 4.78 is 90.5. The van der Waals surface area contributed by atoms with Crippen molar-refractivity contribution in [3.63, 3.8) is 0 Å². The van der Waals surface area contributed by atoms with Crippen LogP contribution in [0.3, 0.4) is 0 Å². The highest BCUT2D eigenvalue weighted by molar-refractivity contribution is 5.49. The maximum absolute atomic E-state index is 14.0. The van der Waals surface area contributed by atoms with Gasteiger partial charge in [-0.05, 0) is 38.5 Å². The molecule has 0 aliphatic heterocycles. The Bertz CT molecular complexity index is 563. The summed E-state index contributed by atoms with van der Waals surface area (Å²) in [6.07, 6.45) is -14.6. The number of hydrogen-bond acceptors (Lipinski definition) is 2. The second kappa shape index (κ2) is 7.01. The molecular formula is C16H20F7NO. The molecule has 1 N–H and O–H groups in total. The van der Waals surface area contributed by atoms with Crippen LogP contribution in [0.4, 0.5) is 36.4 Å².